The van der Waals surface area contributed by atoms with Gasteiger partial charge in [-0.1, -0.05) is 24.8 Å². The average molecular weight is 327 g/mol. The molecular formula is C19H21NO4. The fourth-order valence-electron chi connectivity index (χ4n) is 2.14. The lowest BCUT2D eigenvalue weighted by atomic mass is 10.1. The maximum absolute atomic E-state index is 12.3. The van der Waals surface area contributed by atoms with Gasteiger partial charge in [-0.05, 0) is 35.9 Å². The van der Waals surface area contributed by atoms with Crippen LogP contribution in [0.2, 0.25) is 0 Å². The van der Waals surface area contributed by atoms with Crippen molar-refractivity contribution in [2.24, 2.45) is 0 Å². The fraction of sp³-hybridized carbons (Fsp3) is 0.211. The fourth-order valence-corrected chi connectivity index (χ4v) is 2.14. The number of hydrogen-bond acceptors (Lipinski definition) is 4. The summed E-state index contributed by atoms with van der Waals surface area (Å²) >= 11 is 0. The van der Waals surface area contributed by atoms with Crippen LogP contribution in [-0.4, -0.2) is 26.7 Å². The van der Waals surface area contributed by atoms with Gasteiger partial charge in [0.15, 0.2) is 11.5 Å². The molecule has 5 nitrogen and oxygen atoms in total. The van der Waals surface area contributed by atoms with E-state index in [2.05, 4.69) is 11.9 Å². The predicted molar refractivity (Wildman–Crippen MR) is 92.9 cm³/mol. The van der Waals surface area contributed by atoms with Crippen LogP contribution in [0.3, 0.4) is 0 Å². The van der Waals surface area contributed by atoms with Crippen molar-refractivity contribution in [1.29, 1.82) is 0 Å². The van der Waals surface area contributed by atoms with E-state index in [1.165, 1.54) is 7.11 Å². The third-order valence-electron chi connectivity index (χ3n) is 3.37. The molecule has 0 fully saturated rings. The number of rotatable bonds is 8. The Hall–Kier alpha value is -2.95. The average Bonchev–Trinajstić information content (AvgIpc) is 2.64. The van der Waals surface area contributed by atoms with E-state index in [-0.39, 0.29) is 5.91 Å². The standard InChI is InChI=1S/C19H21NO4/c1-4-10-24-17-9-8-15(12-18(17)23-3)19(21)20-13-14-6-5-7-16(11-14)22-2/h4-9,11-12H,1,10,13H2,2-3H3,(H,20,21). The van der Waals surface area contributed by atoms with E-state index < -0.39 is 0 Å². The number of nitrogens with one attached hydrogen (secondary N) is 1. The normalized spacial score (nSPS) is 9.92. The van der Waals surface area contributed by atoms with Gasteiger partial charge in [-0.15, -0.1) is 0 Å². The quantitative estimate of drug-likeness (QED) is 0.757. The van der Waals surface area contributed by atoms with Gasteiger partial charge < -0.3 is 19.5 Å². The van der Waals surface area contributed by atoms with Crippen LogP contribution in [0.15, 0.2) is 55.1 Å². The van der Waals surface area contributed by atoms with E-state index in [0.717, 1.165) is 11.3 Å². The second-order valence-corrected chi connectivity index (χ2v) is 5.00. The van der Waals surface area contributed by atoms with E-state index in [4.69, 9.17) is 14.2 Å². The van der Waals surface area contributed by atoms with Gasteiger partial charge in [0.1, 0.15) is 12.4 Å². The van der Waals surface area contributed by atoms with Gasteiger partial charge in [-0.3, -0.25) is 4.79 Å². The zero-order valence-electron chi connectivity index (χ0n) is 13.9. The van der Waals surface area contributed by atoms with Gasteiger partial charge in [0.2, 0.25) is 0 Å². The Balaban J connectivity index is 2.04. The molecule has 0 saturated carbocycles. The van der Waals surface area contributed by atoms with Crippen LogP contribution in [0, 0.1) is 0 Å². The van der Waals surface area contributed by atoms with Crippen molar-refractivity contribution >= 4 is 5.91 Å². The highest BCUT2D eigenvalue weighted by molar-refractivity contribution is 5.94. The first-order valence-corrected chi connectivity index (χ1v) is 7.50. The molecule has 0 aromatic heterocycles. The van der Waals surface area contributed by atoms with Crippen molar-refractivity contribution in [2.75, 3.05) is 20.8 Å². The molecule has 126 valence electrons. The van der Waals surface area contributed by atoms with E-state index >= 15 is 0 Å². The van der Waals surface area contributed by atoms with Crippen LogP contribution in [0.25, 0.3) is 0 Å². The lowest BCUT2D eigenvalue weighted by Gasteiger charge is -2.11. The van der Waals surface area contributed by atoms with E-state index in [1.807, 2.05) is 24.3 Å². The van der Waals surface area contributed by atoms with E-state index in [1.54, 1.807) is 31.4 Å². The molecule has 0 bridgehead atoms. The van der Waals surface area contributed by atoms with Crippen molar-refractivity contribution < 1.29 is 19.0 Å². The molecule has 2 aromatic rings. The molecule has 1 N–H and O–H groups in total. The van der Waals surface area contributed by atoms with Gasteiger partial charge in [-0.25, -0.2) is 0 Å². The highest BCUT2D eigenvalue weighted by atomic mass is 16.5. The van der Waals surface area contributed by atoms with Gasteiger partial charge in [-0.2, -0.15) is 0 Å². The summed E-state index contributed by atoms with van der Waals surface area (Å²) in [7, 11) is 3.15. The van der Waals surface area contributed by atoms with Crippen molar-refractivity contribution in [1.82, 2.24) is 5.32 Å². The van der Waals surface area contributed by atoms with Crippen LogP contribution in [0.1, 0.15) is 15.9 Å². The van der Waals surface area contributed by atoms with Crippen molar-refractivity contribution in [3.63, 3.8) is 0 Å². The summed E-state index contributed by atoms with van der Waals surface area (Å²) in [6, 6.07) is 12.6. The smallest absolute Gasteiger partial charge is 0.251 e. The molecule has 0 radical (unpaired) electrons. The van der Waals surface area contributed by atoms with Crippen LogP contribution in [0.4, 0.5) is 0 Å². The van der Waals surface area contributed by atoms with Crippen LogP contribution < -0.4 is 19.5 Å². The summed E-state index contributed by atoms with van der Waals surface area (Å²) in [6.07, 6.45) is 1.65. The van der Waals surface area contributed by atoms with E-state index in [9.17, 15) is 4.79 Å². The molecule has 24 heavy (non-hydrogen) atoms. The minimum atomic E-state index is -0.189. The number of amides is 1. The Kier molecular flexibility index (Phi) is 6.25. The predicted octanol–water partition coefficient (Wildman–Crippen LogP) is 3.20. The van der Waals surface area contributed by atoms with Gasteiger partial charge in [0.25, 0.3) is 5.91 Å². The summed E-state index contributed by atoms with van der Waals surface area (Å²) in [5.41, 5.74) is 1.46. The minimum absolute atomic E-state index is 0.189. The third kappa shape index (κ3) is 4.52. The molecule has 2 aromatic carbocycles. The van der Waals surface area contributed by atoms with Crippen LogP contribution >= 0.6 is 0 Å². The third-order valence-corrected chi connectivity index (χ3v) is 3.37. The van der Waals surface area contributed by atoms with Gasteiger partial charge >= 0.3 is 0 Å². The van der Waals surface area contributed by atoms with Gasteiger partial charge in [0.05, 0.1) is 14.2 Å². The molecule has 0 atom stereocenters. The molecule has 2 rings (SSSR count). The monoisotopic (exact) mass is 327 g/mol. The highest BCUT2D eigenvalue weighted by Gasteiger charge is 2.11. The van der Waals surface area contributed by atoms with Crippen LogP contribution in [0.5, 0.6) is 17.2 Å². The maximum atomic E-state index is 12.3. The lowest BCUT2D eigenvalue weighted by molar-refractivity contribution is 0.0950. The molecule has 0 aliphatic rings. The summed E-state index contributed by atoms with van der Waals surface area (Å²) in [4.78, 5) is 12.3. The topological polar surface area (TPSA) is 56.8 Å². The Morgan fingerprint density at radius 1 is 1.12 bits per heavy atom. The summed E-state index contributed by atoms with van der Waals surface area (Å²) in [5, 5.41) is 2.87. The second-order valence-electron chi connectivity index (χ2n) is 5.00. The zero-order chi connectivity index (χ0) is 17.4. The SMILES string of the molecule is C=CCOc1ccc(C(=O)NCc2cccc(OC)c2)cc1OC. The number of ether oxygens (including phenoxy) is 3. The van der Waals surface area contributed by atoms with Gasteiger partial charge in [0, 0.05) is 12.1 Å². The summed E-state index contributed by atoms with van der Waals surface area (Å²) in [5.74, 6) is 1.64. The molecule has 0 heterocycles. The highest BCUT2D eigenvalue weighted by Crippen LogP contribution is 2.28. The summed E-state index contributed by atoms with van der Waals surface area (Å²) < 4.78 is 15.9. The van der Waals surface area contributed by atoms with Crippen molar-refractivity contribution in [3.05, 3.63) is 66.2 Å². The molecule has 0 aliphatic heterocycles. The first-order valence-electron chi connectivity index (χ1n) is 7.50. The minimum Gasteiger partial charge on any atom is -0.497 e. The number of benzene rings is 2. The maximum Gasteiger partial charge on any atom is 0.251 e. The molecule has 0 saturated heterocycles. The second kappa shape index (κ2) is 8.62. The van der Waals surface area contributed by atoms with E-state index in [0.29, 0.717) is 30.2 Å². The van der Waals surface area contributed by atoms with Crippen LogP contribution in [-0.2, 0) is 6.54 Å². The zero-order valence-corrected chi connectivity index (χ0v) is 13.9. The molecule has 1 amide bonds. The number of methoxy groups -OCH3 is 2. The first-order chi connectivity index (χ1) is 11.7. The molecule has 0 unspecified atom stereocenters. The molecule has 0 spiro atoms. The Morgan fingerprint density at radius 2 is 1.96 bits per heavy atom. The first kappa shape index (κ1) is 17.4. The largest absolute Gasteiger partial charge is 0.497 e. The van der Waals surface area contributed by atoms with Crippen molar-refractivity contribution in [3.8, 4) is 17.2 Å². The number of hydrogen-bond donors (Lipinski definition) is 1. The summed E-state index contributed by atoms with van der Waals surface area (Å²) in [6.45, 7) is 4.39. The molecule has 5 heteroatoms. The Morgan fingerprint density at radius 3 is 2.67 bits per heavy atom. The molecular weight excluding hydrogens is 306 g/mol. The number of carbonyl (C=O) groups is 1. The number of carbonyl (C=O) groups excluding carboxylic acids is 1. The Labute approximate surface area is 141 Å². The molecule has 0 aliphatic carbocycles. The Bertz CT molecular complexity index is 712. The van der Waals surface area contributed by atoms with Crippen molar-refractivity contribution in [2.45, 2.75) is 6.54 Å². The lowest BCUT2D eigenvalue weighted by Crippen LogP contribution is -2.22.